The summed E-state index contributed by atoms with van der Waals surface area (Å²) in [6.07, 6.45) is 0.448. The molecular weight excluding hydrogens is 338 g/mol. The van der Waals surface area contributed by atoms with Gasteiger partial charge in [-0.3, -0.25) is 4.79 Å². The Morgan fingerprint density at radius 3 is 2.44 bits per heavy atom. The molecule has 0 spiro atoms. The summed E-state index contributed by atoms with van der Waals surface area (Å²) in [7, 11) is 0. The van der Waals surface area contributed by atoms with E-state index in [4.69, 9.17) is 9.84 Å². The zero-order valence-electron chi connectivity index (χ0n) is 14.0. The van der Waals surface area contributed by atoms with Gasteiger partial charge in [0.15, 0.2) is 6.61 Å². The highest BCUT2D eigenvalue weighted by Crippen LogP contribution is 2.19. The quantitative estimate of drug-likeness (QED) is 0.670. The lowest BCUT2D eigenvalue weighted by molar-refractivity contribution is -0.139. The molecular formula is C19H21NO4S. The normalized spacial score (nSPS) is 11.6. The van der Waals surface area contributed by atoms with Gasteiger partial charge in [-0.1, -0.05) is 30.3 Å². The molecule has 0 radical (unpaired) electrons. The van der Waals surface area contributed by atoms with Gasteiger partial charge in [0.1, 0.15) is 5.75 Å². The van der Waals surface area contributed by atoms with Gasteiger partial charge in [0, 0.05) is 17.1 Å². The molecule has 0 bridgehead atoms. The molecule has 0 saturated heterocycles. The summed E-state index contributed by atoms with van der Waals surface area (Å²) in [5.41, 5.74) is 0.937. The average molecular weight is 359 g/mol. The number of hydrogen-bond donors (Lipinski definition) is 2. The predicted molar refractivity (Wildman–Crippen MR) is 97.9 cm³/mol. The molecule has 0 saturated carbocycles. The van der Waals surface area contributed by atoms with Crippen molar-refractivity contribution in [2.24, 2.45) is 0 Å². The SMILES string of the molecule is CC(NC(=O)CCSc1ccccc1)c1ccc(OCC(=O)O)cc1. The lowest BCUT2D eigenvalue weighted by Gasteiger charge is -2.15. The highest BCUT2D eigenvalue weighted by atomic mass is 32.2. The first-order chi connectivity index (χ1) is 12.0. The zero-order valence-corrected chi connectivity index (χ0v) is 14.8. The Hall–Kier alpha value is -2.47. The maximum absolute atomic E-state index is 12.0. The summed E-state index contributed by atoms with van der Waals surface area (Å²) in [6.45, 7) is 1.54. The number of carboxylic acid groups (broad SMARTS) is 1. The fourth-order valence-electron chi connectivity index (χ4n) is 2.17. The highest BCUT2D eigenvalue weighted by molar-refractivity contribution is 7.99. The molecule has 0 aliphatic rings. The minimum atomic E-state index is -1.02. The third kappa shape index (κ3) is 6.89. The Morgan fingerprint density at radius 2 is 1.80 bits per heavy atom. The first-order valence-electron chi connectivity index (χ1n) is 7.96. The van der Waals surface area contributed by atoms with Crippen LogP contribution in [0.2, 0.25) is 0 Å². The van der Waals surface area contributed by atoms with Crippen LogP contribution in [0.3, 0.4) is 0 Å². The van der Waals surface area contributed by atoms with Crippen molar-refractivity contribution >= 4 is 23.6 Å². The molecule has 2 rings (SSSR count). The van der Waals surface area contributed by atoms with E-state index in [2.05, 4.69) is 5.32 Å². The molecule has 0 heterocycles. The number of nitrogens with one attached hydrogen (secondary N) is 1. The maximum atomic E-state index is 12.0. The Balaban J connectivity index is 1.75. The van der Waals surface area contributed by atoms with E-state index in [-0.39, 0.29) is 18.6 Å². The first-order valence-corrected chi connectivity index (χ1v) is 8.95. The molecule has 5 nitrogen and oxygen atoms in total. The van der Waals surface area contributed by atoms with Gasteiger partial charge in [-0.2, -0.15) is 0 Å². The molecule has 2 aromatic carbocycles. The van der Waals surface area contributed by atoms with E-state index in [0.717, 1.165) is 16.2 Å². The molecule has 0 aromatic heterocycles. The van der Waals surface area contributed by atoms with Crippen molar-refractivity contribution in [3.63, 3.8) is 0 Å². The second-order valence-electron chi connectivity index (χ2n) is 5.45. The second kappa shape index (κ2) is 9.74. The number of ether oxygens (including phenoxy) is 1. The number of amides is 1. The Labute approximate surface area is 151 Å². The number of carbonyl (C=O) groups excluding carboxylic acids is 1. The molecule has 0 fully saturated rings. The summed E-state index contributed by atoms with van der Waals surface area (Å²) in [4.78, 5) is 23.7. The van der Waals surface area contributed by atoms with Crippen molar-refractivity contribution in [3.8, 4) is 5.75 Å². The summed E-state index contributed by atoms with van der Waals surface area (Å²) in [5, 5.41) is 11.6. The van der Waals surface area contributed by atoms with Crippen LogP contribution in [0.15, 0.2) is 59.5 Å². The van der Waals surface area contributed by atoms with Crippen LogP contribution in [0, 0.1) is 0 Å². The molecule has 0 aliphatic heterocycles. The van der Waals surface area contributed by atoms with Crippen molar-refractivity contribution in [2.75, 3.05) is 12.4 Å². The van der Waals surface area contributed by atoms with Crippen LogP contribution in [0.25, 0.3) is 0 Å². The number of carbonyl (C=O) groups is 2. The Kier molecular flexibility index (Phi) is 7.35. The molecule has 2 N–H and O–H groups in total. The van der Waals surface area contributed by atoms with E-state index in [1.165, 1.54) is 0 Å². The minimum Gasteiger partial charge on any atom is -0.482 e. The van der Waals surface area contributed by atoms with Crippen molar-refractivity contribution in [3.05, 3.63) is 60.2 Å². The third-order valence-electron chi connectivity index (χ3n) is 3.46. The Morgan fingerprint density at radius 1 is 1.12 bits per heavy atom. The lowest BCUT2D eigenvalue weighted by Crippen LogP contribution is -2.26. The van der Waals surface area contributed by atoms with E-state index in [1.807, 2.05) is 49.4 Å². The summed E-state index contributed by atoms with van der Waals surface area (Å²) in [5.74, 6) is 0.203. The second-order valence-corrected chi connectivity index (χ2v) is 6.62. The minimum absolute atomic E-state index is 0.00198. The van der Waals surface area contributed by atoms with Crippen LogP contribution in [-0.2, 0) is 9.59 Å². The van der Waals surface area contributed by atoms with E-state index < -0.39 is 5.97 Å². The van der Waals surface area contributed by atoms with Gasteiger partial charge in [-0.05, 0) is 36.8 Å². The first kappa shape index (κ1) is 18.9. The summed E-state index contributed by atoms with van der Waals surface area (Å²) >= 11 is 1.66. The van der Waals surface area contributed by atoms with Gasteiger partial charge in [0.05, 0.1) is 6.04 Å². The molecule has 0 aliphatic carbocycles. The van der Waals surface area contributed by atoms with Crippen LogP contribution in [0.1, 0.15) is 24.9 Å². The fraction of sp³-hybridized carbons (Fsp3) is 0.263. The molecule has 1 atom stereocenters. The molecule has 132 valence electrons. The van der Waals surface area contributed by atoms with Crippen LogP contribution in [0.4, 0.5) is 0 Å². The molecule has 1 unspecified atom stereocenters. The highest BCUT2D eigenvalue weighted by Gasteiger charge is 2.10. The Bertz CT molecular complexity index is 688. The van der Waals surface area contributed by atoms with Crippen molar-refractivity contribution < 1.29 is 19.4 Å². The van der Waals surface area contributed by atoms with Gasteiger partial charge in [-0.25, -0.2) is 4.79 Å². The van der Waals surface area contributed by atoms with Gasteiger partial charge in [-0.15, -0.1) is 11.8 Å². The van der Waals surface area contributed by atoms with Crippen LogP contribution < -0.4 is 10.1 Å². The zero-order chi connectivity index (χ0) is 18.1. The largest absolute Gasteiger partial charge is 0.482 e. The third-order valence-corrected chi connectivity index (χ3v) is 4.47. The van der Waals surface area contributed by atoms with Gasteiger partial charge < -0.3 is 15.2 Å². The molecule has 1 amide bonds. The van der Waals surface area contributed by atoms with Gasteiger partial charge in [0.25, 0.3) is 0 Å². The monoisotopic (exact) mass is 359 g/mol. The number of benzene rings is 2. The number of carboxylic acids is 1. The van der Waals surface area contributed by atoms with Crippen LogP contribution >= 0.6 is 11.8 Å². The van der Waals surface area contributed by atoms with Crippen molar-refractivity contribution in [1.82, 2.24) is 5.32 Å². The van der Waals surface area contributed by atoms with Crippen LogP contribution in [-0.4, -0.2) is 29.3 Å². The number of rotatable bonds is 9. The predicted octanol–water partition coefficient (Wildman–Crippen LogP) is 3.51. The molecule has 6 heteroatoms. The maximum Gasteiger partial charge on any atom is 0.341 e. The smallest absolute Gasteiger partial charge is 0.341 e. The van der Waals surface area contributed by atoms with Crippen molar-refractivity contribution in [1.29, 1.82) is 0 Å². The molecule has 25 heavy (non-hydrogen) atoms. The standard InChI is InChI=1S/C19H21NO4S/c1-14(15-7-9-16(10-8-15)24-13-19(22)23)20-18(21)11-12-25-17-5-3-2-4-6-17/h2-10,14H,11-13H2,1H3,(H,20,21)(H,22,23). The number of aliphatic carboxylic acids is 1. The molecule has 2 aromatic rings. The van der Waals surface area contributed by atoms with Gasteiger partial charge in [0.2, 0.25) is 5.91 Å². The topological polar surface area (TPSA) is 75.6 Å². The van der Waals surface area contributed by atoms with E-state index >= 15 is 0 Å². The number of hydrogen-bond acceptors (Lipinski definition) is 4. The summed E-state index contributed by atoms with van der Waals surface area (Å²) < 4.78 is 5.09. The van der Waals surface area contributed by atoms with E-state index in [0.29, 0.717) is 12.2 Å². The van der Waals surface area contributed by atoms with Crippen molar-refractivity contribution in [2.45, 2.75) is 24.3 Å². The number of thioether (sulfide) groups is 1. The van der Waals surface area contributed by atoms with E-state index in [9.17, 15) is 9.59 Å². The fourth-order valence-corrected chi connectivity index (χ4v) is 3.05. The van der Waals surface area contributed by atoms with Crippen LogP contribution in [0.5, 0.6) is 5.75 Å². The summed E-state index contributed by atoms with van der Waals surface area (Å²) in [6, 6.07) is 16.9. The van der Waals surface area contributed by atoms with Gasteiger partial charge >= 0.3 is 5.97 Å². The average Bonchev–Trinajstić information content (AvgIpc) is 2.61. The lowest BCUT2D eigenvalue weighted by atomic mass is 10.1. The van der Waals surface area contributed by atoms with E-state index in [1.54, 1.807) is 23.9 Å².